The maximum Gasteiger partial charge on any atom is 0.363 e. The second-order valence-corrected chi connectivity index (χ2v) is 3.70. The van der Waals surface area contributed by atoms with E-state index in [1.807, 2.05) is 4.90 Å². The van der Waals surface area contributed by atoms with Crippen LogP contribution in [-0.4, -0.2) is 34.7 Å². The fourth-order valence-corrected chi connectivity index (χ4v) is 1.51. The van der Waals surface area contributed by atoms with Gasteiger partial charge in [-0.05, 0) is 22.4 Å². The van der Waals surface area contributed by atoms with Crippen LogP contribution in [0.15, 0.2) is 18.3 Å². The van der Waals surface area contributed by atoms with Crippen LogP contribution in [0.1, 0.15) is 19.8 Å². The zero-order valence-corrected chi connectivity index (χ0v) is 9.87. The summed E-state index contributed by atoms with van der Waals surface area (Å²) in [6, 6.07) is 3.04. The topological polar surface area (TPSA) is 79.5 Å². The summed E-state index contributed by atoms with van der Waals surface area (Å²) in [5, 5.41) is 19.4. The highest BCUT2D eigenvalue weighted by molar-refractivity contribution is 5.46. The molecule has 1 aromatic rings. The van der Waals surface area contributed by atoms with E-state index in [9.17, 15) is 10.1 Å². The summed E-state index contributed by atoms with van der Waals surface area (Å²) in [5.74, 6) is -0.159. The summed E-state index contributed by atoms with van der Waals surface area (Å²) in [5.41, 5.74) is 0.804. The molecule has 1 aromatic heterocycles. The van der Waals surface area contributed by atoms with Gasteiger partial charge in [0.1, 0.15) is 0 Å². The summed E-state index contributed by atoms with van der Waals surface area (Å²) < 4.78 is 0. The highest BCUT2D eigenvalue weighted by atomic mass is 16.6. The van der Waals surface area contributed by atoms with Gasteiger partial charge in [-0.25, -0.2) is 0 Å². The predicted molar refractivity (Wildman–Crippen MR) is 65.1 cm³/mol. The average Bonchev–Trinajstić information content (AvgIpc) is 2.34. The molecule has 0 atom stereocenters. The molecule has 6 nitrogen and oxygen atoms in total. The van der Waals surface area contributed by atoms with Gasteiger partial charge in [0.25, 0.3) is 0 Å². The Morgan fingerprint density at radius 2 is 2.24 bits per heavy atom. The number of nitrogens with zero attached hydrogens (tertiary/aromatic N) is 3. The molecule has 0 amide bonds. The van der Waals surface area contributed by atoms with Crippen LogP contribution in [0.4, 0.5) is 11.5 Å². The van der Waals surface area contributed by atoms with E-state index in [1.165, 1.54) is 12.3 Å². The number of unbranched alkanes of at least 4 members (excludes halogenated alkanes) is 1. The standard InChI is InChI=1S/C11H17N3O3/c1-2-3-6-13(7-8-15)10-4-5-11(12-9-10)14(16)17/h4-5,9,15H,2-3,6-8H2,1H3. The van der Waals surface area contributed by atoms with Crippen LogP contribution in [0, 0.1) is 10.1 Å². The molecule has 0 aliphatic rings. The highest BCUT2D eigenvalue weighted by Gasteiger charge is 2.11. The van der Waals surface area contributed by atoms with Crippen molar-refractivity contribution in [2.75, 3.05) is 24.6 Å². The smallest absolute Gasteiger partial charge is 0.363 e. The molecule has 0 aromatic carbocycles. The first-order valence-electron chi connectivity index (χ1n) is 5.65. The van der Waals surface area contributed by atoms with Crippen molar-refractivity contribution in [3.8, 4) is 0 Å². The lowest BCUT2D eigenvalue weighted by Gasteiger charge is -2.22. The molecule has 0 fully saturated rings. The van der Waals surface area contributed by atoms with Gasteiger partial charge in [0.15, 0.2) is 6.20 Å². The van der Waals surface area contributed by atoms with Crippen molar-refractivity contribution >= 4 is 11.5 Å². The Morgan fingerprint density at radius 1 is 1.47 bits per heavy atom. The number of anilines is 1. The van der Waals surface area contributed by atoms with E-state index in [-0.39, 0.29) is 12.4 Å². The minimum atomic E-state index is -0.522. The Labute approximate surface area is 100 Å². The number of nitro groups is 1. The third-order valence-corrected chi connectivity index (χ3v) is 2.44. The monoisotopic (exact) mass is 239 g/mol. The van der Waals surface area contributed by atoms with Gasteiger partial charge in [-0.2, -0.15) is 0 Å². The van der Waals surface area contributed by atoms with Gasteiger partial charge in [-0.3, -0.25) is 0 Å². The Balaban J connectivity index is 2.75. The maximum absolute atomic E-state index is 10.5. The summed E-state index contributed by atoms with van der Waals surface area (Å²) in [6.45, 7) is 3.47. The minimum Gasteiger partial charge on any atom is -0.395 e. The summed E-state index contributed by atoms with van der Waals surface area (Å²) in [7, 11) is 0. The predicted octanol–water partition coefficient (Wildman–Crippen LogP) is 1.59. The molecular weight excluding hydrogens is 222 g/mol. The van der Waals surface area contributed by atoms with Crippen LogP contribution in [0.2, 0.25) is 0 Å². The summed E-state index contributed by atoms with van der Waals surface area (Å²) in [6.07, 6.45) is 3.54. The molecule has 0 aliphatic heterocycles. The second kappa shape index (κ2) is 6.80. The number of hydrogen-bond acceptors (Lipinski definition) is 5. The number of rotatable bonds is 7. The van der Waals surface area contributed by atoms with Crippen molar-refractivity contribution in [1.29, 1.82) is 0 Å². The first kappa shape index (κ1) is 13.4. The van der Waals surface area contributed by atoms with E-state index in [0.29, 0.717) is 6.54 Å². The molecule has 17 heavy (non-hydrogen) atoms. The second-order valence-electron chi connectivity index (χ2n) is 3.70. The SMILES string of the molecule is CCCCN(CCO)c1ccc([N+](=O)[O-])nc1. The lowest BCUT2D eigenvalue weighted by atomic mass is 10.3. The third-order valence-electron chi connectivity index (χ3n) is 2.44. The van der Waals surface area contributed by atoms with Crippen LogP contribution in [-0.2, 0) is 0 Å². The Kier molecular flexibility index (Phi) is 5.35. The number of aliphatic hydroxyl groups is 1. The van der Waals surface area contributed by atoms with Crippen molar-refractivity contribution in [2.24, 2.45) is 0 Å². The van der Waals surface area contributed by atoms with E-state index in [0.717, 1.165) is 25.1 Å². The van der Waals surface area contributed by atoms with Gasteiger partial charge in [0.05, 0.1) is 12.3 Å². The van der Waals surface area contributed by atoms with Gasteiger partial charge >= 0.3 is 5.82 Å². The summed E-state index contributed by atoms with van der Waals surface area (Å²) >= 11 is 0. The van der Waals surface area contributed by atoms with Gasteiger partial charge in [-0.1, -0.05) is 13.3 Å². The Bertz CT molecular complexity index is 353. The molecule has 0 aliphatic carbocycles. The molecule has 0 saturated heterocycles. The van der Waals surface area contributed by atoms with Gasteiger partial charge in [-0.15, -0.1) is 0 Å². The lowest BCUT2D eigenvalue weighted by Crippen LogP contribution is -2.27. The number of pyridine rings is 1. The fourth-order valence-electron chi connectivity index (χ4n) is 1.51. The third kappa shape index (κ3) is 3.99. The molecule has 94 valence electrons. The normalized spacial score (nSPS) is 10.2. The molecule has 0 bridgehead atoms. The van der Waals surface area contributed by atoms with E-state index < -0.39 is 4.92 Å². The molecule has 0 saturated carbocycles. The fraction of sp³-hybridized carbons (Fsp3) is 0.545. The first-order chi connectivity index (χ1) is 8.19. The Hall–Kier alpha value is -1.69. The van der Waals surface area contributed by atoms with E-state index in [4.69, 9.17) is 5.11 Å². The first-order valence-corrected chi connectivity index (χ1v) is 5.65. The minimum absolute atomic E-state index is 0.0563. The molecule has 0 radical (unpaired) electrons. The number of aliphatic hydroxyl groups excluding tert-OH is 1. The number of hydrogen-bond donors (Lipinski definition) is 1. The van der Waals surface area contributed by atoms with Gasteiger partial charge in [0.2, 0.25) is 0 Å². The molecular formula is C11H17N3O3. The Morgan fingerprint density at radius 3 is 2.71 bits per heavy atom. The zero-order chi connectivity index (χ0) is 12.7. The maximum atomic E-state index is 10.5. The van der Waals surface area contributed by atoms with Crippen LogP contribution >= 0.6 is 0 Å². The van der Waals surface area contributed by atoms with Crippen molar-refractivity contribution in [3.63, 3.8) is 0 Å². The largest absolute Gasteiger partial charge is 0.395 e. The lowest BCUT2D eigenvalue weighted by molar-refractivity contribution is -0.389. The van der Waals surface area contributed by atoms with Crippen molar-refractivity contribution in [1.82, 2.24) is 4.98 Å². The molecule has 1 N–H and O–H groups in total. The molecule has 1 heterocycles. The van der Waals surface area contributed by atoms with Crippen molar-refractivity contribution in [2.45, 2.75) is 19.8 Å². The van der Waals surface area contributed by atoms with E-state index in [1.54, 1.807) is 6.07 Å². The molecule has 6 heteroatoms. The van der Waals surface area contributed by atoms with Crippen LogP contribution in [0.5, 0.6) is 0 Å². The van der Waals surface area contributed by atoms with Crippen LogP contribution in [0.25, 0.3) is 0 Å². The van der Waals surface area contributed by atoms with Crippen LogP contribution < -0.4 is 4.90 Å². The number of aromatic nitrogens is 1. The van der Waals surface area contributed by atoms with Gasteiger partial charge in [0, 0.05) is 19.2 Å². The molecule has 0 unspecified atom stereocenters. The highest BCUT2D eigenvalue weighted by Crippen LogP contribution is 2.16. The van der Waals surface area contributed by atoms with Crippen molar-refractivity contribution in [3.05, 3.63) is 28.4 Å². The average molecular weight is 239 g/mol. The molecule has 0 spiro atoms. The van der Waals surface area contributed by atoms with Crippen molar-refractivity contribution < 1.29 is 10.0 Å². The van der Waals surface area contributed by atoms with Crippen LogP contribution in [0.3, 0.4) is 0 Å². The quantitative estimate of drug-likeness (QED) is 0.577. The molecule has 1 rings (SSSR count). The van der Waals surface area contributed by atoms with E-state index in [2.05, 4.69) is 11.9 Å². The van der Waals surface area contributed by atoms with Gasteiger partial charge < -0.3 is 20.1 Å². The summed E-state index contributed by atoms with van der Waals surface area (Å²) in [4.78, 5) is 15.7. The van der Waals surface area contributed by atoms with E-state index >= 15 is 0 Å². The zero-order valence-electron chi connectivity index (χ0n) is 9.87.